The second kappa shape index (κ2) is 9.46. The summed E-state index contributed by atoms with van der Waals surface area (Å²) in [6.45, 7) is 5.78. The van der Waals surface area contributed by atoms with Gasteiger partial charge in [-0.15, -0.1) is 0 Å². The molecule has 2 aromatic carbocycles. The molecule has 0 saturated carbocycles. The molecular weight excluding hydrogens is 414 g/mol. The number of carbonyl (C=O) groups is 1. The first-order valence-electron chi connectivity index (χ1n) is 11.3. The van der Waals surface area contributed by atoms with Crippen molar-refractivity contribution < 1.29 is 13.6 Å². The number of hydrogen-bond acceptors (Lipinski definition) is 5. The molecule has 1 saturated heterocycles. The first-order chi connectivity index (χ1) is 16.2. The van der Waals surface area contributed by atoms with Crippen LogP contribution in [0.5, 0.6) is 0 Å². The van der Waals surface area contributed by atoms with E-state index in [0.717, 1.165) is 43.1 Å². The van der Waals surface area contributed by atoms with E-state index in [1.807, 2.05) is 30.0 Å². The molecule has 0 spiro atoms. The van der Waals surface area contributed by atoms with Crippen LogP contribution in [-0.2, 0) is 6.54 Å². The number of hydrogen-bond donors (Lipinski definition) is 0. The highest BCUT2D eigenvalue weighted by Crippen LogP contribution is 2.26. The number of benzene rings is 2. The van der Waals surface area contributed by atoms with Crippen LogP contribution in [0.25, 0.3) is 22.6 Å². The van der Waals surface area contributed by atoms with Gasteiger partial charge in [-0.2, -0.15) is 0 Å². The molecule has 0 aliphatic carbocycles. The minimum Gasteiger partial charge on any atom is -0.459 e. The summed E-state index contributed by atoms with van der Waals surface area (Å²) in [5.41, 5.74) is 4.27. The molecule has 3 heterocycles. The minimum atomic E-state index is -0.0410. The average molecular weight is 442 g/mol. The topological polar surface area (TPSA) is 62.7 Å². The van der Waals surface area contributed by atoms with Gasteiger partial charge in [-0.05, 0) is 48.7 Å². The van der Waals surface area contributed by atoms with Gasteiger partial charge in [0, 0.05) is 38.3 Å². The molecule has 1 amide bonds. The maximum atomic E-state index is 12.6. The lowest BCUT2D eigenvalue weighted by Crippen LogP contribution is -2.35. The summed E-state index contributed by atoms with van der Waals surface area (Å²) in [5, 5.41) is 0. The van der Waals surface area contributed by atoms with Gasteiger partial charge in [0.2, 0.25) is 5.89 Å². The van der Waals surface area contributed by atoms with Gasteiger partial charge in [0.25, 0.3) is 5.91 Å². The van der Waals surface area contributed by atoms with Crippen LogP contribution in [-0.4, -0.2) is 46.9 Å². The highest BCUT2D eigenvalue weighted by atomic mass is 16.4. The predicted molar refractivity (Wildman–Crippen MR) is 127 cm³/mol. The van der Waals surface area contributed by atoms with Gasteiger partial charge < -0.3 is 13.7 Å². The Hall–Kier alpha value is -3.64. The number of nitrogens with zero attached hydrogens (tertiary/aromatic N) is 3. The van der Waals surface area contributed by atoms with Crippen molar-refractivity contribution in [2.24, 2.45) is 0 Å². The van der Waals surface area contributed by atoms with Crippen LogP contribution in [0, 0.1) is 6.92 Å². The molecule has 1 aliphatic rings. The second-order valence-corrected chi connectivity index (χ2v) is 8.36. The van der Waals surface area contributed by atoms with Crippen molar-refractivity contribution in [2.75, 3.05) is 26.2 Å². The van der Waals surface area contributed by atoms with E-state index in [2.05, 4.69) is 41.3 Å². The van der Waals surface area contributed by atoms with Crippen LogP contribution in [0.2, 0.25) is 0 Å². The Morgan fingerprint density at radius 1 is 0.879 bits per heavy atom. The Bertz CT molecular complexity index is 1200. The Labute approximate surface area is 193 Å². The fraction of sp³-hybridized carbons (Fsp3) is 0.259. The van der Waals surface area contributed by atoms with Gasteiger partial charge in [-0.3, -0.25) is 9.69 Å². The molecule has 6 nitrogen and oxygen atoms in total. The summed E-state index contributed by atoms with van der Waals surface area (Å²) in [4.78, 5) is 21.6. The van der Waals surface area contributed by atoms with Crippen molar-refractivity contribution in [3.63, 3.8) is 0 Å². The number of aromatic nitrogens is 1. The van der Waals surface area contributed by atoms with E-state index < -0.39 is 0 Å². The lowest BCUT2D eigenvalue weighted by Gasteiger charge is -2.20. The molecular formula is C27H27N3O3. The van der Waals surface area contributed by atoms with Gasteiger partial charge >= 0.3 is 0 Å². The molecule has 33 heavy (non-hydrogen) atoms. The van der Waals surface area contributed by atoms with Crippen LogP contribution in [0.4, 0.5) is 0 Å². The first-order valence-corrected chi connectivity index (χ1v) is 11.3. The van der Waals surface area contributed by atoms with E-state index in [-0.39, 0.29) is 5.91 Å². The molecule has 0 unspecified atom stereocenters. The normalized spacial score (nSPS) is 14.9. The van der Waals surface area contributed by atoms with E-state index in [1.165, 1.54) is 17.4 Å². The lowest BCUT2D eigenvalue weighted by atomic mass is 10.0. The van der Waals surface area contributed by atoms with Crippen LogP contribution >= 0.6 is 0 Å². The molecule has 0 bridgehead atoms. The Kier molecular flexibility index (Phi) is 6.09. The number of rotatable bonds is 5. The number of carbonyl (C=O) groups excluding carboxylic acids is 1. The van der Waals surface area contributed by atoms with Crippen LogP contribution in [0.3, 0.4) is 0 Å². The summed E-state index contributed by atoms with van der Waals surface area (Å²) in [5.74, 6) is 1.84. The molecule has 0 radical (unpaired) electrons. The standard InChI is InChI=1S/C27H27N3O3/c1-20-24(19-29-14-6-15-30(17-16-29)27(31)25-9-5-18-32-25)28-26(33-20)23-12-10-22(11-13-23)21-7-3-2-4-8-21/h2-5,7-13,18H,6,14-17,19H2,1H3. The van der Waals surface area contributed by atoms with Gasteiger partial charge in [0.05, 0.1) is 12.0 Å². The summed E-state index contributed by atoms with van der Waals surface area (Å²) in [6, 6.07) is 22.1. The smallest absolute Gasteiger partial charge is 0.289 e. The highest BCUT2D eigenvalue weighted by Gasteiger charge is 2.23. The van der Waals surface area contributed by atoms with Gasteiger partial charge in [-0.25, -0.2) is 4.98 Å². The first kappa shape index (κ1) is 21.2. The summed E-state index contributed by atoms with van der Waals surface area (Å²) < 4.78 is 11.3. The third-order valence-corrected chi connectivity index (χ3v) is 6.11. The maximum Gasteiger partial charge on any atom is 0.289 e. The molecule has 0 N–H and O–H groups in total. The zero-order valence-electron chi connectivity index (χ0n) is 18.7. The van der Waals surface area contributed by atoms with E-state index >= 15 is 0 Å². The van der Waals surface area contributed by atoms with Crippen molar-refractivity contribution in [3.05, 3.63) is 90.2 Å². The summed E-state index contributed by atoms with van der Waals surface area (Å²) in [6.07, 6.45) is 2.45. The van der Waals surface area contributed by atoms with E-state index in [0.29, 0.717) is 24.7 Å². The molecule has 4 aromatic rings. The monoisotopic (exact) mass is 441 g/mol. The average Bonchev–Trinajstić information content (AvgIpc) is 3.45. The van der Waals surface area contributed by atoms with Crippen molar-refractivity contribution in [1.82, 2.24) is 14.8 Å². The Morgan fingerprint density at radius 2 is 1.64 bits per heavy atom. The van der Waals surface area contributed by atoms with Crippen LogP contribution in [0.1, 0.15) is 28.4 Å². The largest absolute Gasteiger partial charge is 0.459 e. The third kappa shape index (κ3) is 4.76. The number of amides is 1. The molecule has 6 heteroatoms. The number of oxazole rings is 1. The second-order valence-electron chi connectivity index (χ2n) is 8.36. The molecule has 5 rings (SSSR count). The summed E-state index contributed by atoms with van der Waals surface area (Å²) in [7, 11) is 0. The Balaban J connectivity index is 1.24. The number of aryl methyl sites for hydroxylation is 1. The molecule has 2 aromatic heterocycles. The number of furan rings is 1. The predicted octanol–water partition coefficient (Wildman–Crippen LogP) is 5.26. The fourth-order valence-electron chi connectivity index (χ4n) is 4.23. The molecule has 1 fully saturated rings. The van der Waals surface area contributed by atoms with Gasteiger partial charge in [0.15, 0.2) is 5.76 Å². The SMILES string of the molecule is Cc1oc(-c2ccc(-c3ccccc3)cc2)nc1CN1CCCN(C(=O)c2ccco2)CC1. The molecule has 1 aliphatic heterocycles. The third-order valence-electron chi connectivity index (χ3n) is 6.11. The van der Waals surface area contributed by atoms with Crippen molar-refractivity contribution in [2.45, 2.75) is 19.9 Å². The minimum absolute atomic E-state index is 0.0410. The zero-order valence-corrected chi connectivity index (χ0v) is 18.7. The maximum absolute atomic E-state index is 12.6. The van der Waals surface area contributed by atoms with Crippen LogP contribution < -0.4 is 0 Å². The Morgan fingerprint density at radius 3 is 2.39 bits per heavy atom. The lowest BCUT2D eigenvalue weighted by molar-refractivity contribution is 0.0729. The van der Waals surface area contributed by atoms with Gasteiger partial charge in [-0.1, -0.05) is 42.5 Å². The fourth-order valence-corrected chi connectivity index (χ4v) is 4.23. The van der Waals surface area contributed by atoms with Crippen molar-refractivity contribution in [1.29, 1.82) is 0 Å². The molecule has 0 atom stereocenters. The van der Waals surface area contributed by atoms with Crippen molar-refractivity contribution >= 4 is 5.91 Å². The van der Waals surface area contributed by atoms with Gasteiger partial charge in [0.1, 0.15) is 5.76 Å². The van der Waals surface area contributed by atoms with E-state index in [4.69, 9.17) is 13.8 Å². The molecule has 168 valence electrons. The van der Waals surface area contributed by atoms with E-state index in [9.17, 15) is 4.79 Å². The van der Waals surface area contributed by atoms with Crippen LogP contribution in [0.15, 0.2) is 81.8 Å². The zero-order chi connectivity index (χ0) is 22.6. The summed E-state index contributed by atoms with van der Waals surface area (Å²) >= 11 is 0. The highest BCUT2D eigenvalue weighted by molar-refractivity contribution is 5.91. The quantitative estimate of drug-likeness (QED) is 0.423. The van der Waals surface area contributed by atoms with Crippen molar-refractivity contribution in [3.8, 4) is 22.6 Å². The van der Waals surface area contributed by atoms with E-state index in [1.54, 1.807) is 12.1 Å².